The molecule has 11 heavy (non-hydrogen) atoms. The standard InChI is InChI=1S/C8H14INO/c1-6(11)7-4-8(2,3)5-10(7)9/h7H,4-5H2,1-3H3. The number of Topliss-reactive ketones (excluding diaryl/α,β-unsaturated/α-hetero) is 1. The highest BCUT2D eigenvalue weighted by atomic mass is 127. The highest BCUT2D eigenvalue weighted by Crippen LogP contribution is 2.36. The highest BCUT2D eigenvalue weighted by Gasteiger charge is 2.38. The van der Waals surface area contributed by atoms with Crippen LogP contribution in [-0.4, -0.2) is 21.5 Å². The molecular weight excluding hydrogens is 253 g/mol. The molecule has 0 spiro atoms. The summed E-state index contributed by atoms with van der Waals surface area (Å²) in [6.07, 6.45) is 1.01. The van der Waals surface area contributed by atoms with Crippen LogP contribution in [0.4, 0.5) is 0 Å². The molecule has 1 aliphatic heterocycles. The van der Waals surface area contributed by atoms with Crippen molar-refractivity contribution >= 4 is 28.6 Å². The third-order valence-electron chi connectivity index (χ3n) is 2.13. The van der Waals surface area contributed by atoms with Crippen LogP contribution in [0.15, 0.2) is 0 Å². The van der Waals surface area contributed by atoms with E-state index < -0.39 is 0 Å². The Morgan fingerprint density at radius 1 is 1.64 bits per heavy atom. The molecule has 64 valence electrons. The first kappa shape index (κ1) is 9.45. The number of nitrogens with zero attached hydrogens (tertiary/aromatic N) is 1. The quantitative estimate of drug-likeness (QED) is 0.535. The SMILES string of the molecule is CC(=O)C1CC(C)(C)CN1I. The molecule has 1 aliphatic rings. The largest absolute Gasteiger partial charge is 0.298 e. The lowest BCUT2D eigenvalue weighted by Crippen LogP contribution is -2.26. The Hall–Kier alpha value is 0.360. The van der Waals surface area contributed by atoms with Gasteiger partial charge in [0.15, 0.2) is 0 Å². The number of ketones is 1. The van der Waals surface area contributed by atoms with Gasteiger partial charge in [0.1, 0.15) is 5.78 Å². The second-order valence-electron chi connectivity index (χ2n) is 4.05. The molecule has 1 fully saturated rings. The molecule has 0 bridgehead atoms. The Balaban J connectivity index is 2.66. The van der Waals surface area contributed by atoms with E-state index >= 15 is 0 Å². The lowest BCUT2D eigenvalue weighted by molar-refractivity contribution is -0.119. The Morgan fingerprint density at radius 2 is 2.18 bits per heavy atom. The Bertz CT molecular complexity index is 179. The first-order chi connectivity index (χ1) is 4.92. The molecule has 2 nitrogen and oxygen atoms in total. The summed E-state index contributed by atoms with van der Waals surface area (Å²) in [5.41, 5.74) is 0.317. The van der Waals surface area contributed by atoms with Crippen molar-refractivity contribution in [2.75, 3.05) is 6.54 Å². The van der Waals surface area contributed by atoms with Crippen LogP contribution in [0.2, 0.25) is 0 Å². The molecule has 1 heterocycles. The van der Waals surface area contributed by atoms with Crippen LogP contribution in [-0.2, 0) is 4.79 Å². The lowest BCUT2D eigenvalue weighted by atomic mass is 9.90. The minimum Gasteiger partial charge on any atom is -0.298 e. The number of hydrogen-bond acceptors (Lipinski definition) is 2. The van der Waals surface area contributed by atoms with Crippen molar-refractivity contribution in [1.29, 1.82) is 0 Å². The molecule has 1 unspecified atom stereocenters. The van der Waals surface area contributed by atoms with Crippen molar-refractivity contribution < 1.29 is 4.79 Å². The van der Waals surface area contributed by atoms with Gasteiger partial charge in [0.25, 0.3) is 0 Å². The normalized spacial score (nSPS) is 30.7. The predicted molar refractivity (Wildman–Crippen MR) is 53.6 cm³/mol. The Morgan fingerprint density at radius 3 is 2.36 bits per heavy atom. The van der Waals surface area contributed by atoms with Crippen LogP contribution < -0.4 is 0 Å². The first-order valence-corrected chi connectivity index (χ1v) is 4.82. The summed E-state index contributed by atoms with van der Waals surface area (Å²) in [4.78, 5) is 11.1. The predicted octanol–water partition coefficient (Wildman–Crippen LogP) is 2.03. The molecule has 0 aromatic rings. The van der Waals surface area contributed by atoms with Crippen LogP contribution in [0, 0.1) is 5.41 Å². The van der Waals surface area contributed by atoms with Gasteiger partial charge in [-0.2, -0.15) is 0 Å². The van der Waals surface area contributed by atoms with Crippen molar-refractivity contribution in [2.45, 2.75) is 33.2 Å². The molecule has 0 amide bonds. The maximum absolute atomic E-state index is 11.1. The summed E-state index contributed by atoms with van der Waals surface area (Å²) in [5.74, 6) is 0.296. The molecule has 0 N–H and O–H groups in total. The van der Waals surface area contributed by atoms with Gasteiger partial charge in [0.2, 0.25) is 0 Å². The number of carbonyl (C=O) groups excluding carboxylic acids is 1. The van der Waals surface area contributed by atoms with Gasteiger partial charge in [0.05, 0.1) is 6.04 Å². The van der Waals surface area contributed by atoms with E-state index in [1.54, 1.807) is 6.92 Å². The van der Waals surface area contributed by atoms with Gasteiger partial charge in [-0.1, -0.05) is 13.8 Å². The average molecular weight is 267 g/mol. The zero-order valence-corrected chi connectivity index (χ0v) is 9.38. The second kappa shape index (κ2) is 3.01. The Labute approximate surface area is 81.8 Å². The average Bonchev–Trinajstić information content (AvgIpc) is 2.05. The molecule has 1 atom stereocenters. The fraction of sp³-hybridized carbons (Fsp3) is 0.875. The maximum atomic E-state index is 11.1. The van der Waals surface area contributed by atoms with Gasteiger partial charge >= 0.3 is 0 Å². The van der Waals surface area contributed by atoms with Crippen LogP contribution in [0.5, 0.6) is 0 Å². The van der Waals surface area contributed by atoms with Crippen molar-refractivity contribution in [3.05, 3.63) is 0 Å². The summed E-state index contributed by atoms with van der Waals surface area (Å²) >= 11 is 2.25. The molecule has 0 saturated carbocycles. The second-order valence-corrected chi connectivity index (χ2v) is 5.29. The summed E-state index contributed by atoms with van der Waals surface area (Å²) < 4.78 is 2.13. The third-order valence-corrected chi connectivity index (χ3v) is 3.15. The molecule has 0 aliphatic carbocycles. The topological polar surface area (TPSA) is 20.3 Å². The van der Waals surface area contributed by atoms with Crippen molar-refractivity contribution in [2.24, 2.45) is 5.41 Å². The van der Waals surface area contributed by atoms with Gasteiger partial charge < -0.3 is 0 Å². The fourth-order valence-corrected chi connectivity index (χ4v) is 3.06. The summed E-state index contributed by atoms with van der Waals surface area (Å²) in [6.45, 7) is 7.12. The summed E-state index contributed by atoms with van der Waals surface area (Å²) in [6, 6.07) is 0.158. The smallest absolute Gasteiger partial charge is 0.147 e. The van der Waals surface area contributed by atoms with E-state index in [1.807, 2.05) is 0 Å². The molecule has 1 rings (SSSR count). The van der Waals surface area contributed by atoms with Gasteiger partial charge in [0, 0.05) is 29.4 Å². The van der Waals surface area contributed by atoms with E-state index in [0.29, 0.717) is 11.2 Å². The van der Waals surface area contributed by atoms with Crippen molar-refractivity contribution in [3.8, 4) is 0 Å². The Kier molecular flexibility index (Phi) is 2.59. The third kappa shape index (κ3) is 2.15. The van der Waals surface area contributed by atoms with Crippen molar-refractivity contribution in [1.82, 2.24) is 3.11 Å². The zero-order chi connectivity index (χ0) is 8.65. The fourth-order valence-electron chi connectivity index (χ4n) is 1.55. The summed E-state index contributed by atoms with van der Waals surface area (Å²) in [7, 11) is 0. The van der Waals surface area contributed by atoms with E-state index in [4.69, 9.17) is 0 Å². The van der Waals surface area contributed by atoms with E-state index in [9.17, 15) is 4.79 Å². The van der Waals surface area contributed by atoms with Crippen LogP contribution in [0.3, 0.4) is 0 Å². The van der Waals surface area contributed by atoms with E-state index in [0.717, 1.165) is 13.0 Å². The first-order valence-electron chi connectivity index (χ1n) is 3.85. The van der Waals surface area contributed by atoms with E-state index in [2.05, 4.69) is 39.8 Å². The van der Waals surface area contributed by atoms with E-state index in [1.165, 1.54) is 0 Å². The lowest BCUT2D eigenvalue weighted by Gasteiger charge is -2.14. The molecule has 1 saturated heterocycles. The van der Waals surface area contributed by atoms with Gasteiger partial charge in [-0.3, -0.25) is 4.79 Å². The van der Waals surface area contributed by atoms with Crippen LogP contribution in [0.25, 0.3) is 0 Å². The molecule has 0 aromatic heterocycles. The minimum atomic E-state index is 0.158. The highest BCUT2D eigenvalue weighted by molar-refractivity contribution is 14.1. The number of hydrogen-bond donors (Lipinski definition) is 0. The maximum Gasteiger partial charge on any atom is 0.147 e. The van der Waals surface area contributed by atoms with Gasteiger partial charge in [-0.15, -0.1) is 0 Å². The number of rotatable bonds is 1. The van der Waals surface area contributed by atoms with Gasteiger partial charge in [-0.05, 0) is 18.8 Å². The molecule has 3 heteroatoms. The molecular formula is C8H14INO. The zero-order valence-electron chi connectivity index (χ0n) is 7.22. The van der Waals surface area contributed by atoms with E-state index in [-0.39, 0.29) is 6.04 Å². The van der Waals surface area contributed by atoms with Crippen LogP contribution in [0.1, 0.15) is 27.2 Å². The monoisotopic (exact) mass is 267 g/mol. The minimum absolute atomic E-state index is 0.158. The number of halogens is 1. The van der Waals surface area contributed by atoms with Gasteiger partial charge in [-0.25, -0.2) is 3.11 Å². The summed E-state index contributed by atoms with van der Waals surface area (Å²) in [5, 5.41) is 0. The molecule has 0 aromatic carbocycles. The van der Waals surface area contributed by atoms with Crippen LogP contribution >= 0.6 is 22.9 Å². The van der Waals surface area contributed by atoms with Crippen molar-refractivity contribution in [3.63, 3.8) is 0 Å². The number of carbonyl (C=O) groups is 1. The molecule has 0 radical (unpaired) electrons.